The molecule has 0 radical (unpaired) electrons. The van der Waals surface area contributed by atoms with Gasteiger partial charge in [0.1, 0.15) is 32.5 Å². The van der Waals surface area contributed by atoms with Crippen molar-refractivity contribution < 1.29 is 38.1 Å². The summed E-state index contributed by atoms with van der Waals surface area (Å²) in [7, 11) is 1.28. The number of ether oxygens (including phenoxy) is 5. The van der Waals surface area contributed by atoms with Gasteiger partial charge in [0.15, 0.2) is 23.0 Å². The van der Waals surface area contributed by atoms with Crippen LogP contribution < -0.4 is 29.6 Å². The average Bonchev–Trinajstić information content (AvgIpc) is 3.29. The summed E-state index contributed by atoms with van der Waals surface area (Å²) in [6.07, 6.45) is 1.29. The van der Waals surface area contributed by atoms with E-state index in [2.05, 4.69) is 10.6 Å². The van der Waals surface area contributed by atoms with Crippen molar-refractivity contribution in [1.29, 1.82) is 0 Å². The van der Waals surface area contributed by atoms with Gasteiger partial charge in [0.2, 0.25) is 0 Å². The highest BCUT2D eigenvalue weighted by Gasteiger charge is 2.25. The molecule has 0 fully saturated rings. The van der Waals surface area contributed by atoms with Gasteiger partial charge in [-0.1, -0.05) is 133 Å². The number of hydrogen-bond donors (Lipinski definition) is 2. The third-order valence-corrected chi connectivity index (χ3v) is 9.37. The Labute approximate surface area is 345 Å². The van der Waals surface area contributed by atoms with Crippen LogP contribution in [0.15, 0.2) is 158 Å². The molecule has 1 atom stereocenters. The maximum absolute atomic E-state index is 13.9. The molecule has 0 saturated heterocycles. The van der Waals surface area contributed by atoms with Crippen molar-refractivity contribution in [3.63, 3.8) is 0 Å². The first-order valence-corrected chi connectivity index (χ1v) is 19.6. The molecule has 2 N–H and O–H groups in total. The van der Waals surface area contributed by atoms with Crippen LogP contribution in [0.4, 0.5) is 0 Å². The third kappa shape index (κ3) is 12.5. The van der Waals surface area contributed by atoms with Crippen LogP contribution in [0.25, 0.3) is 0 Å². The summed E-state index contributed by atoms with van der Waals surface area (Å²) in [6.45, 7) is 1.33. The highest BCUT2D eigenvalue weighted by molar-refractivity contribution is 6.00. The molecule has 6 aromatic rings. The highest BCUT2D eigenvalue weighted by atomic mass is 16.5. The zero-order valence-electron chi connectivity index (χ0n) is 33.0. The van der Waals surface area contributed by atoms with Gasteiger partial charge in [-0.3, -0.25) is 9.59 Å². The molecule has 10 heteroatoms. The highest BCUT2D eigenvalue weighted by Crippen LogP contribution is 2.34. The summed E-state index contributed by atoms with van der Waals surface area (Å²) in [4.78, 5) is 40.4. The largest absolute Gasteiger partial charge is 0.485 e. The van der Waals surface area contributed by atoms with Crippen molar-refractivity contribution in [2.45, 2.75) is 51.7 Å². The summed E-state index contributed by atoms with van der Waals surface area (Å²) in [5.74, 6) is 0.0318. The first-order chi connectivity index (χ1) is 29.0. The lowest BCUT2D eigenvalue weighted by molar-refractivity contribution is -0.143. The van der Waals surface area contributed by atoms with Gasteiger partial charge < -0.3 is 34.3 Å². The van der Waals surface area contributed by atoms with E-state index in [4.69, 9.17) is 23.7 Å². The Morgan fingerprint density at radius 3 is 1.31 bits per heavy atom. The van der Waals surface area contributed by atoms with Crippen molar-refractivity contribution in [3.05, 3.63) is 191 Å². The molecule has 6 rings (SSSR count). The van der Waals surface area contributed by atoms with E-state index < -0.39 is 17.9 Å². The van der Waals surface area contributed by atoms with Crippen LogP contribution in [0.5, 0.6) is 23.0 Å². The molecule has 302 valence electrons. The minimum absolute atomic E-state index is 0.199. The van der Waals surface area contributed by atoms with Crippen molar-refractivity contribution in [2.75, 3.05) is 13.7 Å². The molecule has 0 aliphatic heterocycles. The minimum Gasteiger partial charge on any atom is -0.485 e. The van der Waals surface area contributed by atoms with Crippen LogP contribution in [-0.2, 0) is 36.0 Å². The van der Waals surface area contributed by atoms with Gasteiger partial charge in [0.05, 0.1) is 18.2 Å². The molecule has 10 nitrogen and oxygen atoms in total. The number of esters is 1. The Kier molecular flexibility index (Phi) is 15.5. The Balaban J connectivity index is 1.08. The maximum Gasteiger partial charge on any atom is 0.328 e. The van der Waals surface area contributed by atoms with Gasteiger partial charge >= 0.3 is 5.97 Å². The maximum atomic E-state index is 13.9. The van der Waals surface area contributed by atoms with E-state index in [1.807, 2.05) is 121 Å². The first-order valence-electron chi connectivity index (χ1n) is 19.6. The van der Waals surface area contributed by atoms with Gasteiger partial charge in [-0.2, -0.15) is 0 Å². The van der Waals surface area contributed by atoms with E-state index in [1.165, 1.54) is 7.11 Å². The van der Waals surface area contributed by atoms with Crippen molar-refractivity contribution >= 4 is 17.8 Å². The van der Waals surface area contributed by atoms with Gasteiger partial charge in [-0.15, -0.1) is 0 Å². The standard InChI is InChI=1S/C49H48N2O8/c1-55-49(54)42(51-48(53)41-27-17-30-44(57-33-37-20-8-3-9-21-37)46(41)59-35-39-24-12-5-13-25-39)28-14-15-31-50-47(52)40-26-16-29-43(56-32-36-18-6-2-7-19-36)45(40)58-34-38-22-10-4-11-23-38/h2-13,16-27,29-30,42H,14-15,28,31-35H2,1H3,(H,50,52)(H,51,53)/t42-/m0/s1. The Hall–Kier alpha value is -7.07. The molecular formula is C49H48N2O8. The summed E-state index contributed by atoms with van der Waals surface area (Å²) < 4.78 is 29.8. The van der Waals surface area contributed by atoms with Gasteiger partial charge in [0.25, 0.3) is 11.8 Å². The van der Waals surface area contributed by atoms with Gasteiger partial charge in [-0.25, -0.2) is 4.79 Å². The molecule has 0 aliphatic carbocycles. The fourth-order valence-electron chi connectivity index (χ4n) is 6.24. The van der Waals surface area contributed by atoms with E-state index in [0.717, 1.165) is 22.3 Å². The van der Waals surface area contributed by atoms with E-state index in [0.29, 0.717) is 48.8 Å². The van der Waals surface area contributed by atoms with Crippen LogP contribution in [0.2, 0.25) is 0 Å². The van der Waals surface area contributed by atoms with Crippen molar-refractivity contribution in [2.24, 2.45) is 0 Å². The van der Waals surface area contributed by atoms with Gasteiger partial charge in [-0.05, 0) is 65.8 Å². The second-order valence-electron chi connectivity index (χ2n) is 13.7. The van der Waals surface area contributed by atoms with E-state index in [9.17, 15) is 14.4 Å². The lowest BCUT2D eigenvalue weighted by Gasteiger charge is -2.20. The number of benzene rings is 6. The lowest BCUT2D eigenvalue weighted by atomic mass is 10.1. The molecular weight excluding hydrogens is 745 g/mol. The molecule has 0 heterocycles. The molecule has 0 bridgehead atoms. The van der Waals surface area contributed by atoms with Crippen LogP contribution in [0.1, 0.15) is 62.2 Å². The zero-order chi connectivity index (χ0) is 41.1. The smallest absolute Gasteiger partial charge is 0.328 e. The monoisotopic (exact) mass is 792 g/mol. The summed E-state index contributed by atoms with van der Waals surface area (Å²) in [6, 6.07) is 48.2. The van der Waals surface area contributed by atoms with Crippen LogP contribution >= 0.6 is 0 Å². The number of hydrogen-bond acceptors (Lipinski definition) is 8. The Morgan fingerprint density at radius 1 is 0.475 bits per heavy atom. The van der Waals surface area contributed by atoms with Crippen LogP contribution in [0.3, 0.4) is 0 Å². The molecule has 59 heavy (non-hydrogen) atoms. The van der Waals surface area contributed by atoms with E-state index >= 15 is 0 Å². The number of carbonyl (C=O) groups excluding carboxylic acids is 3. The normalized spacial score (nSPS) is 11.1. The SMILES string of the molecule is COC(=O)[C@H](CCCCNC(=O)c1cccc(OCc2ccccc2)c1OCc1ccccc1)NC(=O)c1cccc(OCc2ccccc2)c1OCc1ccccc1. The van der Waals surface area contributed by atoms with Crippen molar-refractivity contribution in [3.8, 4) is 23.0 Å². The van der Waals surface area contributed by atoms with Crippen LogP contribution in [-0.4, -0.2) is 37.5 Å². The molecule has 0 aliphatic rings. The number of para-hydroxylation sites is 2. The number of methoxy groups -OCH3 is 1. The molecule has 2 amide bonds. The quantitative estimate of drug-likeness (QED) is 0.0548. The molecule has 0 aromatic heterocycles. The molecule has 0 unspecified atom stereocenters. The van der Waals surface area contributed by atoms with Crippen molar-refractivity contribution in [1.82, 2.24) is 10.6 Å². The summed E-state index contributed by atoms with van der Waals surface area (Å²) in [5.41, 5.74) is 4.35. The second-order valence-corrected chi connectivity index (χ2v) is 13.7. The topological polar surface area (TPSA) is 121 Å². The van der Waals surface area contributed by atoms with E-state index in [-0.39, 0.29) is 43.5 Å². The fourth-order valence-corrected chi connectivity index (χ4v) is 6.24. The summed E-state index contributed by atoms with van der Waals surface area (Å²) >= 11 is 0. The first kappa shape index (κ1) is 41.6. The molecule has 6 aromatic carbocycles. The van der Waals surface area contributed by atoms with Gasteiger partial charge in [0, 0.05) is 6.54 Å². The predicted octanol–water partition coefficient (Wildman–Crippen LogP) is 8.87. The Morgan fingerprint density at radius 2 is 0.881 bits per heavy atom. The second kappa shape index (κ2) is 22.0. The third-order valence-electron chi connectivity index (χ3n) is 9.37. The number of carbonyl (C=O) groups is 3. The number of rotatable bonds is 21. The van der Waals surface area contributed by atoms with E-state index in [1.54, 1.807) is 36.4 Å². The average molecular weight is 793 g/mol. The number of unbranched alkanes of at least 4 members (excludes halogenated alkanes) is 1. The zero-order valence-corrected chi connectivity index (χ0v) is 33.0. The minimum atomic E-state index is -0.949. The lowest BCUT2D eigenvalue weighted by Crippen LogP contribution is -2.41. The molecule has 0 saturated carbocycles. The van der Waals surface area contributed by atoms with Crippen LogP contribution in [0, 0.1) is 0 Å². The fraction of sp³-hybridized carbons (Fsp3) is 0.204. The summed E-state index contributed by atoms with van der Waals surface area (Å²) in [5, 5.41) is 5.83. The number of amides is 2. The molecule has 0 spiro atoms. The predicted molar refractivity (Wildman–Crippen MR) is 225 cm³/mol. The number of nitrogens with one attached hydrogen (secondary N) is 2. The Bertz CT molecular complexity index is 2240.